The molecule has 0 aromatic heterocycles. The Morgan fingerprint density at radius 3 is 2.84 bits per heavy atom. The number of nitrogens with one attached hydrogen (secondary N) is 1. The van der Waals surface area contributed by atoms with Crippen molar-refractivity contribution in [3.63, 3.8) is 0 Å². The average molecular weight is 342 g/mol. The molecule has 0 saturated heterocycles. The quantitative estimate of drug-likeness (QED) is 0.866. The van der Waals surface area contributed by atoms with E-state index in [1.807, 2.05) is 49.4 Å². The zero-order valence-corrected chi connectivity index (χ0v) is 14.5. The van der Waals surface area contributed by atoms with Gasteiger partial charge in [-0.1, -0.05) is 25.1 Å². The fourth-order valence-corrected chi connectivity index (χ4v) is 2.50. The molecular weight excluding hydrogens is 320 g/mol. The molecule has 1 N–H and O–H groups in total. The molecule has 25 heavy (non-hydrogen) atoms. The van der Waals surface area contributed by atoms with Gasteiger partial charge >= 0.3 is 6.03 Å². The second-order valence-corrected chi connectivity index (χ2v) is 5.82. The number of hydrogen-bond acceptors (Lipinski definition) is 4. The van der Waals surface area contributed by atoms with Crippen molar-refractivity contribution in [1.82, 2.24) is 4.90 Å². The fraction of sp³-hybridized carbons (Fsp3) is 0.316. The Balaban J connectivity index is 1.63. The first-order chi connectivity index (χ1) is 12.2. The topological polar surface area (TPSA) is 60.0 Å². The lowest BCUT2D eigenvalue weighted by molar-refractivity contribution is 0.174. The number of ether oxygens (including phenoxy) is 3. The predicted octanol–water partition coefficient (Wildman–Crippen LogP) is 3.87. The number of para-hydroxylation sites is 2. The molecule has 0 bridgehead atoms. The number of carbonyl (C=O) groups excluding carboxylic acids is 1. The van der Waals surface area contributed by atoms with Gasteiger partial charge in [0.25, 0.3) is 0 Å². The lowest BCUT2D eigenvalue weighted by atomic mass is 10.2. The van der Waals surface area contributed by atoms with E-state index in [-0.39, 0.29) is 12.8 Å². The minimum Gasteiger partial charge on any atom is -0.491 e. The van der Waals surface area contributed by atoms with Gasteiger partial charge in [-0.3, -0.25) is 0 Å². The van der Waals surface area contributed by atoms with Gasteiger partial charge in [-0.05, 0) is 36.2 Å². The van der Waals surface area contributed by atoms with Crippen LogP contribution in [0.3, 0.4) is 0 Å². The molecule has 1 aliphatic heterocycles. The van der Waals surface area contributed by atoms with Crippen LogP contribution in [-0.2, 0) is 6.54 Å². The van der Waals surface area contributed by atoms with Crippen molar-refractivity contribution < 1.29 is 19.0 Å². The van der Waals surface area contributed by atoms with Crippen LogP contribution in [0.25, 0.3) is 0 Å². The number of rotatable bonds is 6. The van der Waals surface area contributed by atoms with E-state index in [1.54, 1.807) is 11.9 Å². The molecule has 0 radical (unpaired) electrons. The SMILES string of the molecule is CCCOc1ccccc1NC(=O)N(C)Cc1ccc2c(c1)OCO2. The zero-order chi connectivity index (χ0) is 17.6. The van der Waals surface area contributed by atoms with E-state index < -0.39 is 0 Å². The number of benzene rings is 2. The van der Waals surface area contributed by atoms with Gasteiger partial charge in [0.15, 0.2) is 11.5 Å². The van der Waals surface area contributed by atoms with Crippen molar-refractivity contribution in [3.05, 3.63) is 48.0 Å². The monoisotopic (exact) mass is 342 g/mol. The van der Waals surface area contributed by atoms with Crippen LogP contribution in [-0.4, -0.2) is 31.4 Å². The summed E-state index contributed by atoms with van der Waals surface area (Å²) in [7, 11) is 1.75. The molecule has 0 saturated carbocycles. The Labute approximate surface area is 147 Å². The van der Waals surface area contributed by atoms with Gasteiger partial charge in [0, 0.05) is 13.6 Å². The third kappa shape index (κ3) is 4.15. The van der Waals surface area contributed by atoms with Crippen molar-refractivity contribution in [1.29, 1.82) is 0 Å². The van der Waals surface area contributed by atoms with E-state index in [0.717, 1.165) is 17.7 Å². The van der Waals surface area contributed by atoms with Gasteiger partial charge in [0.05, 0.1) is 12.3 Å². The number of fused-ring (bicyclic) bond motifs is 1. The number of urea groups is 1. The third-order valence-electron chi connectivity index (χ3n) is 3.79. The van der Waals surface area contributed by atoms with Gasteiger partial charge in [-0.2, -0.15) is 0 Å². The highest BCUT2D eigenvalue weighted by atomic mass is 16.7. The molecule has 1 aliphatic rings. The smallest absolute Gasteiger partial charge is 0.321 e. The van der Waals surface area contributed by atoms with E-state index in [4.69, 9.17) is 14.2 Å². The van der Waals surface area contributed by atoms with E-state index in [0.29, 0.717) is 30.3 Å². The Morgan fingerprint density at radius 1 is 1.20 bits per heavy atom. The number of anilines is 1. The number of carbonyl (C=O) groups is 1. The number of amides is 2. The molecule has 0 fully saturated rings. The van der Waals surface area contributed by atoms with Crippen molar-refractivity contribution in [2.75, 3.05) is 25.8 Å². The van der Waals surface area contributed by atoms with Crippen molar-refractivity contribution >= 4 is 11.7 Å². The second kappa shape index (κ2) is 7.79. The highest BCUT2D eigenvalue weighted by Crippen LogP contribution is 2.32. The van der Waals surface area contributed by atoms with Crippen molar-refractivity contribution in [3.8, 4) is 17.2 Å². The standard InChI is InChI=1S/C19H22N2O4/c1-3-10-23-16-7-5-4-6-15(16)20-19(22)21(2)12-14-8-9-17-18(11-14)25-13-24-17/h4-9,11H,3,10,12-13H2,1-2H3,(H,20,22). The van der Waals surface area contributed by atoms with Gasteiger partial charge < -0.3 is 24.4 Å². The fourth-order valence-electron chi connectivity index (χ4n) is 2.50. The van der Waals surface area contributed by atoms with Crippen molar-refractivity contribution in [2.24, 2.45) is 0 Å². The highest BCUT2D eigenvalue weighted by molar-refractivity contribution is 5.90. The summed E-state index contributed by atoms with van der Waals surface area (Å²) in [5.41, 5.74) is 1.64. The lowest BCUT2D eigenvalue weighted by Gasteiger charge is -2.19. The van der Waals surface area contributed by atoms with Gasteiger partial charge in [0.2, 0.25) is 6.79 Å². The molecule has 6 nitrogen and oxygen atoms in total. The van der Waals surface area contributed by atoms with Gasteiger partial charge in [0.1, 0.15) is 5.75 Å². The van der Waals surface area contributed by atoms with E-state index in [9.17, 15) is 4.79 Å². The predicted molar refractivity (Wildman–Crippen MR) is 95.3 cm³/mol. The van der Waals surface area contributed by atoms with Crippen LogP contribution in [0.15, 0.2) is 42.5 Å². The Bertz CT molecular complexity index is 748. The van der Waals surface area contributed by atoms with Crippen LogP contribution in [0.5, 0.6) is 17.2 Å². The largest absolute Gasteiger partial charge is 0.491 e. The number of nitrogens with zero attached hydrogens (tertiary/aromatic N) is 1. The van der Waals surface area contributed by atoms with Crippen LogP contribution < -0.4 is 19.5 Å². The number of hydrogen-bond donors (Lipinski definition) is 1. The Hall–Kier alpha value is -2.89. The summed E-state index contributed by atoms with van der Waals surface area (Å²) >= 11 is 0. The summed E-state index contributed by atoms with van der Waals surface area (Å²) in [5, 5.41) is 2.90. The molecule has 3 rings (SSSR count). The highest BCUT2D eigenvalue weighted by Gasteiger charge is 2.16. The minimum absolute atomic E-state index is 0.204. The molecule has 0 atom stereocenters. The molecule has 6 heteroatoms. The molecule has 0 aliphatic carbocycles. The molecule has 1 heterocycles. The van der Waals surface area contributed by atoms with Crippen LogP contribution >= 0.6 is 0 Å². The Morgan fingerprint density at radius 2 is 2.00 bits per heavy atom. The summed E-state index contributed by atoms with van der Waals surface area (Å²) < 4.78 is 16.3. The van der Waals surface area contributed by atoms with Gasteiger partial charge in [-0.15, -0.1) is 0 Å². The van der Waals surface area contributed by atoms with Crippen LogP contribution in [0.4, 0.5) is 10.5 Å². The summed E-state index contributed by atoms with van der Waals surface area (Å²) in [6.07, 6.45) is 0.909. The normalized spacial score (nSPS) is 11.9. The molecule has 132 valence electrons. The van der Waals surface area contributed by atoms with E-state index in [1.165, 1.54) is 0 Å². The average Bonchev–Trinajstić information content (AvgIpc) is 3.08. The third-order valence-corrected chi connectivity index (χ3v) is 3.79. The Kier molecular flexibility index (Phi) is 5.28. The molecule has 2 aromatic rings. The van der Waals surface area contributed by atoms with Crippen molar-refractivity contribution in [2.45, 2.75) is 19.9 Å². The zero-order valence-electron chi connectivity index (χ0n) is 14.5. The van der Waals surface area contributed by atoms with Gasteiger partial charge in [-0.25, -0.2) is 4.79 Å². The van der Waals surface area contributed by atoms with E-state index in [2.05, 4.69) is 5.32 Å². The minimum atomic E-state index is -0.204. The molecule has 0 unspecified atom stereocenters. The van der Waals surface area contributed by atoms with Crippen LogP contribution in [0.2, 0.25) is 0 Å². The second-order valence-electron chi connectivity index (χ2n) is 5.82. The summed E-state index contributed by atoms with van der Waals surface area (Å²) in [5.74, 6) is 2.12. The maximum absolute atomic E-state index is 12.5. The summed E-state index contributed by atoms with van der Waals surface area (Å²) in [6.45, 7) is 3.35. The van der Waals surface area contributed by atoms with Crippen LogP contribution in [0, 0.1) is 0 Å². The first-order valence-corrected chi connectivity index (χ1v) is 8.30. The molecule has 2 aromatic carbocycles. The first-order valence-electron chi connectivity index (χ1n) is 8.30. The van der Waals surface area contributed by atoms with Crippen LogP contribution in [0.1, 0.15) is 18.9 Å². The lowest BCUT2D eigenvalue weighted by Crippen LogP contribution is -2.31. The van der Waals surface area contributed by atoms with E-state index >= 15 is 0 Å². The molecule has 2 amide bonds. The summed E-state index contributed by atoms with van der Waals surface area (Å²) in [4.78, 5) is 14.1. The summed E-state index contributed by atoms with van der Waals surface area (Å²) in [6, 6.07) is 12.9. The maximum Gasteiger partial charge on any atom is 0.321 e. The molecule has 0 spiro atoms. The first kappa shape index (κ1) is 17.0. The molecular formula is C19H22N2O4. The maximum atomic E-state index is 12.5.